The van der Waals surface area contributed by atoms with Crippen LogP contribution in [-0.2, 0) is 12.8 Å². The summed E-state index contributed by atoms with van der Waals surface area (Å²) in [4.78, 5) is 4.53. The van der Waals surface area contributed by atoms with Crippen molar-refractivity contribution in [3.05, 3.63) is 53.9 Å². The second kappa shape index (κ2) is 5.31. The number of aromatic amines is 1. The van der Waals surface area contributed by atoms with Crippen LogP contribution in [0.2, 0.25) is 0 Å². The van der Waals surface area contributed by atoms with Gasteiger partial charge in [-0.25, -0.2) is 10.1 Å². The van der Waals surface area contributed by atoms with E-state index in [0.717, 1.165) is 46.9 Å². The van der Waals surface area contributed by atoms with Gasteiger partial charge in [0.25, 0.3) is 0 Å². The number of hydrogen-bond donors (Lipinski definition) is 2. The molecule has 2 aromatic heterocycles. The third kappa shape index (κ3) is 2.38. The number of nitrogen functional groups attached to an aromatic ring is 1. The van der Waals surface area contributed by atoms with Gasteiger partial charge < -0.3 is 10.5 Å². The lowest BCUT2D eigenvalue weighted by Crippen LogP contribution is -1.98. The molecule has 6 nitrogen and oxygen atoms in total. The molecule has 0 aliphatic heterocycles. The standard InChI is InChI=1S/C17H17N5O/c1-23-13-6-2-11(3-7-13)4-9-16-20-21-17-19-14-8-5-12(18)10-15(14)22(16)17/h2-3,5-8,10H,4,9,18H2,1H3,(H,19,21). The van der Waals surface area contributed by atoms with Crippen LogP contribution in [-0.4, -0.2) is 26.7 Å². The predicted octanol–water partition coefficient (Wildman–Crippen LogP) is 2.59. The molecule has 0 aliphatic rings. The molecular weight excluding hydrogens is 290 g/mol. The molecule has 0 amide bonds. The third-order valence-corrected chi connectivity index (χ3v) is 4.02. The Morgan fingerprint density at radius 1 is 1.13 bits per heavy atom. The number of nitrogens with two attached hydrogens (primary N) is 1. The lowest BCUT2D eigenvalue weighted by molar-refractivity contribution is 0.414. The molecule has 23 heavy (non-hydrogen) atoms. The smallest absolute Gasteiger partial charge is 0.230 e. The van der Waals surface area contributed by atoms with Crippen molar-refractivity contribution < 1.29 is 4.74 Å². The normalized spacial score (nSPS) is 11.3. The number of aromatic nitrogens is 4. The summed E-state index contributed by atoms with van der Waals surface area (Å²) in [5.74, 6) is 2.56. The van der Waals surface area contributed by atoms with Crippen molar-refractivity contribution in [3.63, 3.8) is 0 Å². The van der Waals surface area contributed by atoms with Crippen molar-refractivity contribution in [2.75, 3.05) is 12.8 Å². The van der Waals surface area contributed by atoms with Crippen LogP contribution in [0, 0.1) is 0 Å². The summed E-state index contributed by atoms with van der Waals surface area (Å²) in [5.41, 5.74) is 9.77. The Bertz CT molecular complexity index is 968. The first-order valence-electron chi connectivity index (χ1n) is 7.48. The lowest BCUT2D eigenvalue weighted by atomic mass is 10.1. The number of methoxy groups -OCH3 is 1. The van der Waals surface area contributed by atoms with E-state index in [9.17, 15) is 0 Å². The largest absolute Gasteiger partial charge is 0.497 e. The molecular formula is C17H17N5O. The maximum Gasteiger partial charge on any atom is 0.230 e. The van der Waals surface area contributed by atoms with Gasteiger partial charge in [-0.05, 0) is 42.3 Å². The Morgan fingerprint density at radius 3 is 2.74 bits per heavy atom. The average Bonchev–Trinajstić information content (AvgIpc) is 3.13. The van der Waals surface area contributed by atoms with Gasteiger partial charge in [-0.3, -0.25) is 4.40 Å². The zero-order valence-corrected chi connectivity index (χ0v) is 12.8. The van der Waals surface area contributed by atoms with Crippen molar-refractivity contribution in [1.82, 2.24) is 19.6 Å². The zero-order chi connectivity index (χ0) is 15.8. The van der Waals surface area contributed by atoms with Crippen LogP contribution in [0.15, 0.2) is 42.5 Å². The summed E-state index contributed by atoms with van der Waals surface area (Å²) in [5, 5.41) is 7.39. The Balaban J connectivity index is 1.65. The quantitative estimate of drug-likeness (QED) is 0.568. The van der Waals surface area contributed by atoms with Crippen molar-refractivity contribution >= 4 is 22.5 Å². The van der Waals surface area contributed by atoms with Crippen LogP contribution >= 0.6 is 0 Å². The number of hydrogen-bond acceptors (Lipinski definition) is 4. The van der Waals surface area contributed by atoms with Gasteiger partial charge in [0.05, 0.1) is 18.1 Å². The zero-order valence-electron chi connectivity index (χ0n) is 12.8. The van der Waals surface area contributed by atoms with Crippen LogP contribution in [0.25, 0.3) is 16.8 Å². The van der Waals surface area contributed by atoms with Crippen LogP contribution in [0.4, 0.5) is 5.69 Å². The van der Waals surface area contributed by atoms with Crippen LogP contribution in [0.5, 0.6) is 5.75 Å². The number of imidazole rings is 1. The molecule has 4 aromatic rings. The second-order valence-electron chi connectivity index (χ2n) is 5.51. The highest BCUT2D eigenvalue weighted by atomic mass is 16.5. The number of nitrogens with zero attached hydrogens (tertiary/aromatic N) is 3. The number of rotatable bonds is 4. The fourth-order valence-corrected chi connectivity index (χ4v) is 2.81. The summed E-state index contributed by atoms with van der Waals surface area (Å²) in [6, 6.07) is 13.8. The van der Waals surface area contributed by atoms with E-state index in [4.69, 9.17) is 10.5 Å². The van der Waals surface area contributed by atoms with E-state index in [1.807, 2.05) is 34.7 Å². The molecule has 0 saturated heterocycles. The average molecular weight is 307 g/mol. The molecule has 116 valence electrons. The molecule has 2 aromatic carbocycles. The highest BCUT2D eigenvalue weighted by Gasteiger charge is 2.12. The molecule has 0 atom stereocenters. The fraction of sp³-hybridized carbons (Fsp3) is 0.176. The van der Waals surface area contributed by atoms with Gasteiger partial charge in [-0.15, -0.1) is 0 Å². The highest BCUT2D eigenvalue weighted by molar-refractivity contribution is 5.82. The number of fused-ring (bicyclic) bond motifs is 3. The topological polar surface area (TPSA) is 81.2 Å². The summed E-state index contributed by atoms with van der Waals surface area (Å²) in [6.07, 6.45) is 1.71. The first kappa shape index (κ1) is 13.6. The summed E-state index contributed by atoms with van der Waals surface area (Å²) in [6.45, 7) is 0. The minimum Gasteiger partial charge on any atom is -0.497 e. The van der Waals surface area contributed by atoms with Gasteiger partial charge in [0, 0.05) is 12.1 Å². The van der Waals surface area contributed by atoms with Crippen molar-refractivity contribution in [3.8, 4) is 5.75 Å². The third-order valence-electron chi connectivity index (χ3n) is 4.02. The van der Waals surface area contributed by atoms with Gasteiger partial charge in [0.2, 0.25) is 5.78 Å². The molecule has 0 bridgehead atoms. The molecule has 0 radical (unpaired) electrons. The monoisotopic (exact) mass is 307 g/mol. The number of aryl methyl sites for hydroxylation is 2. The number of anilines is 1. The molecule has 0 fully saturated rings. The van der Waals surface area contributed by atoms with Gasteiger partial charge in [-0.1, -0.05) is 12.1 Å². The van der Waals surface area contributed by atoms with E-state index >= 15 is 0 Å². The number of ether oxygens (including phenoxy) is 1. The Hall–Kier alpha value is -3.02. The first-order valence-corrected chi connectivity index (χ1v) is 7.48. The van der Waals surface area contributed by atoms with Gasteiger partial charge in [0.15, 0.2) is 0 Å². The molecule has 0 saturated carbocycles. The molecule has 4 rings (SSSR count). The molecule has 0 aliphatic carbocycles. The highest BCUT2D eigenvalue weighted by Crippen LogP contribution is 2.20. The summed E-state index contributed by atoms with van der Waals surface area (Å²) >= 11 is 0. The predicted molar refractivity (Wildman–Crippen MR) is 89.7 cm³/mol. The molecule has 0 spiro atoms. The summed E-state index contributed by atoms with van der Waals surface area (Å²) in [7, 11) is 1.67. The Kier molecular flexibility index (Phi) is 3.15. The van der Waals surface area contributed by atoms with E-state index in [1.54, 1.807) is 7.11 Å². The van der Waals surface area contributed by atoms with E-state index in [1.165, 1.54) is 5.56 Å². The van der Waals surface area contributed by atoms with Crippen molar-refractivity contribution in [1.29, 1.82) is 0 Å². The minimum absolute atomic E-state index is 0.724. The molecule has 0 unspecified atom stereocenters. The molecule has 3 N–H and O–H groups in total. The number of benzene rings is 2. The SMILES string of the molecule is COc1ccc(CCc2n[nH]c3nc4ccc(N)cc4n23)cc1. The van der Waals surface area contributed by atoms with Crippen LogP contribution in [0.3, 0.4) is 0 Å². The molecule has 2 heterocycles. The van der Waals surface area contributed by atoms with Gasteiger partial charge in [-0.2, -0.15) is 5.10 Å². The van der Waals surface area contributed by atoms with E-state index in [0.29, 0.717) is 0 Å². The Labute approximate surface area is 132 Å². The fourth-order valence-electron chi connectivity index (χ4n) is 2.81. The number of nitrogens with one attached hydrogen (secondary N) is 1. The van der Waals surface area contributed by atoms with Crippen LogP contribution in [0.1, 0.15) is 11.4 Å². The van der Waals surface area contributed by atoms with E-state index in [-0.39, 0.29) is 0 Å². The van der Waals surface area contributed by atoms with E-state index in [2.05, 4.69) is 27.3 Å². The van der Waals surface area contributed by atoms with E-state index < -0.39 is 0 Å². The first-order chi connectivity index (χ1) is 11.2. The maximum atomic E-state index is 5.90. The lowest BCUT2D eigenvalue weighted by Gasteiger charge is -2.03. The second-order valence-corrected chi connectivity index (χ2v) is 5.51. The van der Waals surface area contributed by atoms with Gasteiger partial charge >= 0.3 is 0 Å². The van der Waals surface area contributed by atoms with Crippen molar-refractivity contribution in [2.45, 2.75) is 12.8 Å². The number of H-pyrrole nitrogens is 1. The minimum atomic E-state index is 0.724. The van der Waals surface area contributed by atoms with Gasteiger partial charge in [0.1, 0.15) is 11.6 Å². The molecule has 6 heteroatoms. The Morgan fingerprint density at radius 2 is 1.96 bits per heavy atom. The van der Waals surface area contributed by atoms with Crippen molar-refractivity contribution in [2.24, 2.45) is 0 Å². The van der Waals surface area contributed by atoms with Crippen LogP contribution < -0.4 is 10.5 Å². The summed E-state index contributed by atoms with van der Waals surface area (Å²) < 4.78 is 7.22. The maximum absolute atomic E-state index is 5.90.